The topological polar surface area (TPSA) is 80.9 Å². The zero-order chi connectivity index (χ0) is 23.6. The first-order chi connectivity index (χ1) is 15.7. The van der Waals surface area contributed by atoms with Crippen molar-refractivity contribution in [3.8, 4) is 22.5 Å². The lowest BCUT2D eigenvalue weighted by molar-refractivity contribution is -0.137. The van der Waals surface area contributed by atoms with E-state index in [9.17, 15) is 22.4 Å². The van der Waals surface area contributed by atoms with Gasteiger partial charge in [-0.25, -0.2) is 14.4 Å². The molecule has 0 aliphatic carbocycles. The van der Waals surface area contributed by atoms with Gasteiger partial charge in [-0.1, -0.05) is 35.0 Å². The summed E-state index contributed by atoms with van der Waals surface area (Å²) < 4.78 is 58.9. The highest BCUT2D eigenvalue weighted by atomic mass is 35.5. The van der Waals surface area contributed by atoms with E-state index in [4.69, 9.17) is 16.1 Å². The van der Waals surface area contributed by atoms with Gasteiger partial charge in [0.25, 0.3) is 0 Å². The molecule has 0 fully saturated rings. The lowest BCUT2D eigenvalue weighted by atomic mass is 10.0. The highest BCUT2D eigenvalue weighted by Gasteiger charge is 2.32. The maximum absolute atomic E-state index is 14.0. The van der Waals surface area contributed by atoms with Gasteiger partial charge in [0.05, 0.1) is 23.2 Å². The molecule has 4 rings (SSSR count). The van der Waals surface area contributed by atoms with Crippen LogP contribution in [0.25, 0.3) is 22.5 Å². The van der Waals surface area contributed by atoms with Gasteiger partial charge in [-0.05, 0) is 35.9 Å². The number of carbonyl (C=O) groups excluding carboxylic acids is 1. The monoisotopic (exact) mass is 476 g/mol. The summed E-state index contributed by atoms with van der Waals surface area (Å²) in [7, 11) is 0. The largest absolute Gasteiger partial charge is 0.416 e. The lowest BCUT2D eigenvalue weighted by Crippen LogP contribution is -2.14. The van der Waals surface area contributed by atoms with Crippen LogP contribution in [0.5, 0.6) is 0 Å². The minimum Gasteiger partial charge on any atom is -0.337 e. The molecular formula is C22H13ClF4N4O2. The predicted molar refractivity (Wildman–Crippen MR) is 112 cm³/mol. The summed E-state index contributed by atoms with van der Waals surface area (Å²) in [5.41, 5.74) is -0.702. The van der Waals surface area contributed by atoms with Crippen LogP contribution in [-0.4, -0.2) is 21.0 Å². The van der Waals surface area contributed by atoms with Crippen LogP contribution in [0.15, 0.2) is 65.6 Å². The van der Waals surface area contributed by atoms with Crippen LogP contribution < -0.4 is 5.32 Å². The highest BCUT2D eigenvalue weighted by Crippen LogP contribution is 2.39. The van der Waals surface area contributed by atoms with Crippen molar-refractivity contribution in [2.75, 3.05) is 5.32 Å². The maximum Gasteiger partial charge on any atom is 0.416 e. The van der Waals surface area contributed by atoms with Crippen molar-refractivity contribution in [3.05, 3.63) is 83.0 Å². The Morgan fingerprint density at radius 2 is 1.91 bits per heavy atom. The molecule has 0 unspecified atom stereocenters. The van der Waals surface area contributed by atoms with Crippen molar-refractivity contribution in [2.45, 2.75) is 12.6 Å². The Morgan fingerprint density at radius 1 is 1.12 bits per heavy atom. The van der Waals surface area contributed by atoms with Gasteiger partial charge in [0.15, 0.2) is 0 Å². The number of hydrogen-bond acceptors (Lipinski definition) is 5. The average molecular weight is 477 g/mol. The predicted octanol–water partition coefficient (Wildman–Crippen LogP) is 5.79. The summed E-state index contributed by atoms with van der Waals surface area (Å²) >= 11 is 6.09. The molecule has 6 nitrogen and oxygen atoms in total. The lowest BCUT2D eigenvalue weighted by Gasteiger charge is -2.09. The highest BCUT2D eigenvalue weighted by molar-refractivity contribution is 6.31. The summed E-state index contributed by atoms with van der Waals surface area (Å²) in [6.07, 6.45) is -2.28. The molecule has 4 aromatic rings. The Hall–Kier alpha value is -3.79. The normalized spacial score (nSPS) is 11.4. The van der Waals surface area contributed by atoms with Gasteiger partial charge in [0.2, 0.25) is 11.8 Å². The number of carbonyl (C=O) groups is 1. The van der Waals surface area contributed by atoms with Gasteiger partial charge < -0.3 is 4.52 Å². The molecule has 1 N–H and O–H groups in total. The Morgan fingerprint density at radius 3 is 2.61 bits per heavy atom. The van der Waals surface area contributed by atoms with Crippen LogP contribution in [-0.2, 0) is 17.4 Å². The number of halogens is 5. The Labute approximate surface area is 189 Å². The molecule has 33 heavy (non-hydrogen) atoms. The number of benzene rings is 2. The van der Waals surface area contributed by atoms with Crippen molar-refractivity contribution in [3.63, 3.8) is 0 Å². The number of alkyl halides is 3. The molecule has 0 radical (unpaired) electrons. The number of aromatic nitrogens is 3. The number of nitrogens with zero attached hydrogens (tertiary/aromatic N) is 3. The molecular weight excluding hydrogens is 464 g/mol. The molecule has 168 valence electrons. The number of anilines is 1. The second-order valence-corrected chi connectivity index (χ2v) is 7.28. The van der Waals surface area contributed by atoms with E-state index >= 15 is 0 Å². The number of hydrogen-bond donors (Lipinski definition) is 1. The molecule has 0 aliphatic heterocycles. The van der Waals surface area contributed by atoms with Gasteiger partial charge in [-0.3, -0.25) is 10.1 Å². The summed E-state index contributed by atoms with van der Waals surface area (Å²) in [6.45, 7) is 0. The smallest absolute Gasteiger partial charge is 0.337 e. The van der Waals surface area contributed by atoms with Crippen LogP contribution >= 0.6 is 11.6 Å². The third kappa shape index (κ3) is 5.01. The molecule has 0 saturated carbocycles. The van der Waals surface area contributed by atoms with Gasteiger partial charge >= 0.3 is 6.18 Å². The Kier molecular flexibility index (Phi) is 6.10. The van der Waals surface area contributed by atoms with Crippen LogP contribution in [0, 0.1) is 5.82 Å². The Balaban J connectivity index is 1.76. The molecule has 0 bridgehead atoms. The number of rotatable bonds is 5. The summed E-state index contributed by atoms with van der Waals surface area (Å²) in [6, 6.07) is 10.2. The van der Waals surface area contributed by atoms with Crippen LogP contribution in [0.1, 0.15) is 11.1 Å². The van der Waals surface area contributed by atoms with Crippen LogP contribution in [0.4, 0.5) is 23.4 Å². The van der Waals surface area contributed by atoms with Crippen molar-refractivity contribution < 1.29 is 26.9 Å². The first-order valence-corrected chi connectivity index (χ1v) is 9.77. The molecule has 0 atom stereocenters. The quantitative estimate of drug-likeness (QED) is 0.369. The summed E-state index contributed by atoms with van der Waals surface area (Å²) in [5.74, 6) is -1.80. The first kappa shape index (κ1) is 22.4. The molecule has 2 heterocycles. The third-order valence-electron chi connectivity index (χ3n) is 4.59. The molecule has 2 aromatic carbocycles. The van der Waals surface area contributed by atoms with E-state index in [1.165, 1.54) is 18.6 Å². The first-order valence-electron chi connectivity index (χ1n) is 9.40. The number of amides is 1. The fourth-order valence-electron chi connectivity index (χ4n) is 3.12. The standard InChI is InChI=1S/C22H13ClF4N4O2/c23-16-4-2-1-3-12(16)9-18(32)30-21-19(17-5-6-28-11-29-17)20(31-33-21)13-7-14(22(25,26)27)10-15(24)8-13/h1-8,10-11H,9H2,(H,30,32). The van der Waals surface area contributed by atoms with Crippen molar-refractivity contribution in [1.29, 1.82) is 0 Å². The molecule has 11 heteroatoms. The Bertz CT molecular complexity index is 1310. The molecule has 0 aliphatic rings. The van der Waals surface area contributed by atoms with E-state index in [2.05, 4.69) is 20.4 Å². The van der Waals surface area contributed by atoms with E-state index in [1.54, 1.807) is 24.3 Å². The van der Waals surface area contributed by atoms with E-state index < -0.39 is 23.5 Å². The second-order valence-electron chi connectivity index (χ2n) is 6.87. The van der Waals surface area contributed by atoms with Crippen molar-refractivity contribution in [2.24, 2.45) is 0 Å². The minimum atomic E-state index is -4.78. The maximum atomic E-state index is 14.0. The average Bonchev–Trinajstić information content (AvgIpc) is 3.18. The van der Waals surface area contributed by atoms with Crippen molar-refractivity contribution in [1.82, 2.24) is 15.1 Å². The van der Waals surface area contributed by atoms with E-state index in [1.807, 2.05) is 0 Å². The zero-order valence-electron chi connectivity index (χ0n) is 16.5. The van der Waals surface area contributed by atoms with Gasteiger partial charge in [0, 0.05) is 16.8 Å². The molecule has 0 saturated heterocycles. The van der Waals surface area contributed by atoms with E-state index in [-0.39, 0.29) is 34.8 Å². The third-order valence-corrected chi connectivity index (χ3v) is 4.96. The fourth-order valence-corrected chi connectivity index (χ4v) is 3.33. The van der Waals surface area contributed by atoms with Gasteiger partial charge in [-0.2, -0.15) is 13.2 Å². The van der Waals surface area contributed by atoms with E-state index in [0.29, 0.717) is 16.7 Å². The molecule has 1 amide bonds. The van der Waals surface area contributed by atoms with Gasteiger partial charge in [0.1, 0.15) is 17.8 Å². The van der Waals surface area contributed by atoms with E-state index in [0.717, 1.165) is 12.1 Å². The summed E-state index contributed by atoms with van der Waals surface area (Å²) in [4.78, 5) is 20.5. The zero-order valence-corrected chi connectivity index (χ0v) is 17.3. The fraction of sp³-hybridized carbons (Fsp3) is 0.0909. The van der Waals surface area contributed by atoms with Crippen molar-refractivity contribution >= 4 is 23.4 Å². The minimum absolute atomic E-state index is 0.0728. The number of nitrogens with one attached hydrogen (secondary N) is 1. The summed E-state index contributed by atoms with van der Waals surface area (Å²) in [5, 5.41) is 6.72. The molecule has 0 spiro atoms. The molecule has 2 aromatic heterocycles. The van der Waals surface area contributed by atoms with Gasteiger partial charge in [-0.15, -0.1) is 0 Å². The van der Waals surface area contributed by atoms with Crippen LogP contribution in [0.3, 0.4) is 0 Å². The van der Waals surface area contributed by atoms with Crippen LogP contribution in [0.2, 0.25) is 5.02 Å². The second kappa shape index (κ2) is 8.99. The SMILES string of the molecule is O=C(Cc1ccccc1Cl)Nc1onc(-c2cc(F)cc(C(F)(F)F)c2)c1-c1ccncn1.